The first-order chi connectivity index (χ1) is 50.5. The van der Waals surface area contributed by atoms with Crippen molar-refractivity contribution in [3.8, 4) is 68.5 Å². The summed E-state index contributed by atoms with van der Waals surface area (Å²) in [5, 5.41) is 37.0. The first-order valence-electron chi connectivity index (χ1n) is 34.3. The lowest BCUT2D eigenvalue weighted by atomic mass is 9.97. The summed E-state index contributed by atoms with van der Waals surface area (Å²) >= 11 is 0. The number of benzene rings is 15. The van der Waals surface area contributed by atoms with Gasteiger partial charge in [0.05, 0.1) is 72.4 Å². The van der Waals surface area contributed by atoms with Gasteiger partial charge in [0.25, 0.3) is 0 Å². The van der Waals surface area contributed by atoms with Crippen LogP contribution in [0.15, 0.2) is 340 Å². The molecule has 0 bridgehead atoms. The van der Waals surface area contributed by atoms with Crippen LogP contribution in [-0.4, -0.2) is 28.2 Å². The van der Waals surface area contributed by atoms with Gasteiger partial charge in [0, 0.05) is 70.8 Å². The van der Waals surface area contributed by atoms with Crippen molar-refractivity contribution in [1.29, 1.82) is 10.5 Å². The van der Waals surface area contributed by atoms with E-state index in [9.17, 15) is 10.5 Å². The van der Waals surface area contributed by atoms with Crippen LogP contribution in [0.5, 0.6) is 0 Å². The van der Waals surface area contributed by atoms with Gasteiger partial charge in [-0.3, -0.25) is 9.13 Å². The number of para-hydroxylation sites is 6. The Morgan fingerprint density at radius 2 is 0.657 bits per heavy atom. The van der Waals surface area contributed by atoms with E-state index >= 15 is 0 Å². The summed E-state index contributed by atoms with van der Waals surface area (Å²) in [6.07, 6.45) is 0. The Hall–Kier alpha value is -14.2. The predicted octanol–water partition coefficient (Wildman–Crippen LogP) is 23.9. The van der Waals surface area contributed by atoms with E-state index in [1.807, 2.05) is 72.8 Å². The first-order valence-corrected chi connectivity index (χ1v) is 34.3. The molecule has 0 saturated carbocycles. The highest BCUT2D eigenvalue weighted by molar-refractivity contribution is 6.24. The normalized spacial score (nSPS) is 11.7. The molecule has 0 fully saturated rings. The highest BCUT2D eigenvalue weighted by Gasteiger charge is 2.25. The van der Waals surface area contributed by atoms with E-state index in [-0.39, 0.29) is 0 Å². The highest BCUT2D eigenvalue weighted by Crippen LogP contribution is 2.45. The smallest absolute Gasteiger partial charge is 0.147 e. The maximum absolute atomic E-state index is 10.7. The molecule has 0 atom stereocenters. The van der Waals surface area contributed by atoms with Crippen molar-refractivity contribution in [2.45, 2.75) is 0 Å². The maximum Gasteiger partial charge on any atom is 0.147 e. The number of rotatable bonds is 7. The quantitative estimate of drug-likeness (QED) is 0.159. The average molecular weight is 1300 g/mol. The Bertz CT molecular complexity index is 7140. The minimum atomic E-state index is 0.619. The fourth-order valence-corrected chi connectivity index (χ4v) is 16.1. The van der Waals surface area contributed by atoms with Crippen LogP contribution in [0.25, 0.3) is 187 Å². The van der Waals surface area contributed by atoms with Crippen molar-refractivity contribution in [2.24, 2.45) is 0 Å². The second kappa shape index (κ2) is 23.3. The summed E-state index contributed by atoms with van der Waals surface area (Å²) in [7, 11) is 0. The Kier molecular flexibility index (Phi) is 13.2. The molecule has 8 nitrogen and oxygen atoms in total. The Labute approximate surface area is 585 Å². The van der Waals surface area contributed by atoms with Gasteiger partial charge in [-0.15, -0.1) is 0 Å². The molecule has 0 N–H and O–H groups in total. The summed E-state index contributed by atoms with van der Waals surface area (Å²) < 4.78 is 9.21. The molecule has 0 unspecified atom stereocenters. The van der Waals surface area contributed by atoms with Crippen LogP contribution in [-0.2, 0) is 0 Å². The monoisotopic (exact) mass is 1300 g/mol. The third kappa shape index (κ3) is 9.01. The van der Waals surface area contributed by atoms with Gasteiger partial charge in [0.2, 0.25) is 0 Å². The first kappa shape index (κ1) is 58.0. The SMILES string of the molecule is N#Cc1c(-c2ccccc2)c(-n2c3ccccc3c3cc(-c4ccc5c6c7ccccc7ccc6n(-c6ccccc6)c5c4)ccc32)nc2ccccc12.N#Cc1cc(-n2c3ccccc3c3cc(-c4ccc5c6c7ccccc7ccc6n(-c6ccccc6)c5c4)ccc32)nc2ccccc12. The molecule has 21 rings (SSSR count). The van der Waals surface area contributed by atoms with Crippen molar-refractivity contribution in [3.05, 3.63) is 351 Å². The molecule has 21 aromatic rings. The third-order valence-corrected chi connectivity index (χ3v) is 20.7. The Morgan fingerprint density at radius 3 is 1.20 bits per heavy atom. The second-order valence-corrected chi connectivity index (χ2v) is 26.2. The van der Waals surface area contributed by atoms with Crippen LogP contribution in [0.4, 0.5) is 0 Å². The van der Waals surface area contributed by atoms with E-state index < -0.39 is 0 Å². The van der Waals surface area contributed by atoms with E-state index in [2.05, 4.69) is 297 Å². The topological polar surface area (TPSA) is 93.1 Å². The van der Waals surface area contributed by atoms with Crippen LogP contribution in [0.3, 0.4) is 0 Å². The van der Waals surface area contributed by atoms with Gasteiger partial charge in [-0.05, 0) is 152 Å². The van der Waals surface area contributed by atoms with Crippen molar-refractivity contribution in [1.82, 2.24) is 28.2 Å². The molecule has 0 aliphatic heterocycles. The molecule has 0 radical (unpaired) electrons. The molecule has 102 heavy (non-hydrogen) atoms. The molecule has 15 aromatic carbocycles. The zero-order chi connectivity index (χ0) is 67.5. The number of nitrogens with zero attached hydrogens (tertiary/aromatic N) is 8. The minimum absolute atomic E-state index is 0.619. The molecule has 0 spiro atoms. The lowest BCUT2D eigenvalue weighted by molar-refractivity contribution is 1.10. The fourth-order valence-electron chi connectivity index (χ4n) is 16.1. The molecule has 6 heterocycles. The molecule has 6 aromatic heterocycles. The summed E-state index contributed by atoms with van der Waals surface area (Å²) in [6.45, 7) is 0. The molecule has 8 heteroatoms. The fraction of sp³-hybridized carbons (Fsp3) is 0. The van der Waals surface area contributed by atoms with Gasteiger partial charge in [-0.2, -0.15) is 10.5 Å². The zero-order valence-corrected chi connectivity index (χ0v) is 54.9. The standard InChI is InChI=1S/C50H30N4.C44H26N4/c51-31-42-38-19-9-11-21-43(38)52-50(48(42)33-14-3-1-4-15-33)54-44-22-12-10-20-39(44)41-29-34(25-27-45(41)54)35-23-26-40-47(30-35)53(36-16-5-2-6-17-36)46-28-24-32-13-7-8-18-37(32)49(40)46;45-27-31-26-43(46-38-16-8-6-13-33(31)38)48-39-17-9-7-15-35(39)37-24-29(20-22-40(37)48)30-18-21-36-42(25-30)47(32-11-2-1-3-12-32)41-23-19-28-10-4-5-14-34(28)44(36)41/h1-30H;1-26H. The largest absolute Gasteiger partial charge is 0.309 e. The van der Waals surface area contributed by atoms with Gasteiger partial charge in [-0.25, -0.2) is 9.97 Å². The molecule has 0 aliphatic rings. The van der Waals surface area contributed by atoms with E-state index in [4.69, 9.17) is 9.97 Å². The van der Waals surface area contributed by atoms with Gasteiger partial charge in [-0.1, -0.05) is 237 Å². The molecule has 0 amide bonds. The minimum Gasteiger partial charge on any atom is -0.309 e. The van der Waals surface area contributed by atoms with Crippen LogP contribution >= 0.6 is 0 Å². The van der Waals surface area contributed by atoms with E-state index in [1.54, 1.807) is 0 Å². The summed E-state index contributed by atoms with van der Waals surface area (Å²) in [5.74, 6) is 1.49. The number of aromatic nitrogens is 6. The van der Waals surface area contributed by atoms with Crippen LogP contribution in [0.1, 0.15) is 11.1 Å². The van der Waals surface area contributed by atoms with Crippen molar-refractivity contribution in [3.63, 3.8) is 0 Å². The van der Waals surface area contributed by atoms with Gasteiger partial charge in [0.15, 0.2) is 0 Å². The average Bonchev–Trinajstić information content (AvgIpc) is 1.57. The molecular formula is C94H56N8. The molecule has 472 valence electrons. The van der Waals surface area contributed by atoms with Crippen molar-refractivity contribution >= 4 is 131 Å². The van der Waals surface area contributed by atoms with E-state index in [1.165, 1.54) is 65.2 Å². The number of fused-ring (bicyclic) bond motifs is 18. The third-order valence-electron chi connectivity index (χ3n) is 20.7. The van der Waals surface area contributed by atoms with Crippen molar-refractivity contribution in [2.75, 3.05) is 0 Å². The number of hydrogen-bond donors (Lipinski definition) is 0. The van der Waals surface area contributed by atoms with E-state index in [0.717, 1.165) is 122 Å². The molecular weight excluding hydrogens is 1240 g/mol. The lowest BCUT2D eigenvalue weighted by Gasteiger charge is -2.16. The summed E-state index contributed by atoms with van der Waals surface area (Å²) in [4.78, 5) is 10.3. The van der Waals surface area contributed by atoms with Crippen LogP contribution < -0.4 is 0 Å². The van der Waals surface area contributed by atoms with Crippen LogP contribution in [0, 0.1) is 22.7 Å². The van der Waals surface area contributed by atoms with Gasteiger partial charge < -0.3 is 9.13 Å². The lowest BCUT2D eigenvalue weighted by Crippen LogP contribution is -2.04. The second-order valence-electron chi connectivity index (χ2n) is 26.2. The van der Waals surface area contributed by atoms with E-state index in [0.29, 0.717) is 11.1 Å². The zero-order valence-electron chi connectivity index (χ0n) is 54.9. The maximum atomic E-state index is 10.7. The molecule has 0 saturated heterocycles. The van der Waals surface area contributed by atoms with Gasteiger partial charge >= 0.3 is 0 Å². The summed E-state index contributed by atoms with van der Waals surface area (Å²) in [6, 6.07) is 125. The van der Waals surface area contributed by atoms with Crippen molar-refractivity contribution < 1.29 is 0 Å². The molecule has 0 aliphatic carbocycles. The summed E-state index contributed by atoms with van der Waals surface area (Å²) in [5.41, 5.74) is 20.4. The van der Waals surface area contributed by atoms with Crippen LogP contribution in [0.2, 0.25) is 0 Å². The number of hydrogen-bond acceptors (Lipinski definition) is 4. The Morgan fingerprint density at radius 1 is 0.245 bits per heavy atom. The highest BCUT2D eigenvalue weighted by atomic mass is 15.1. The predicted molar refractivity (Wildman–Crippen MR) is 422 cm³/mol. The number of nitriles is 2. The van der Waals surface area contributed by atoms with Gasteiger partial charge in [0.1, 0.15) is 17.7 Å². The Balaban J connectivity index is 0.000000138. The number of pyridine rings is 2.